The van der Waals surface area contributed by atoms with Crippen LogP contribution in [0.25, 0.3) is 10.4 Å². The fraction of sp³-hybridized carbons (Fsp3) is 0.750. The van der Waals surface area contributed by atoms with Crippen LogP contribution in [0.4, 0.5) is 0 Å². The number of nitrogens with zero attached hydrogens (tertiary/aromatic N) is 4. The summed E-state index contributed by atoms with van der Waals surface area (Å²) in [6.45, 7) is 6.21. The monoisotopic (exact) mass is 196 g/mol. The van der Waals surface area contributed by atoms with E-state index >= 15 is 0 Å². The highest BCUT2D eigenvalue weighted by atomic mass is 16.6. The Kier molecular flexibility index (Phi) is 3.49. The zero-order chi connectivity index (χ0) is 11.4. The predicted octanol–water partition coefficient (Wildman–Crippen LogP) is 1.92. The second-order valence-corrected chi connectivity index (χ2v) is 3.88. The molecule has 0 saturated carbocycles. The van der Waals surface area contributed by atoms with Gasteiger partial charge in [-0.25, -0.2) is 0 Å². The minimum atomic E-state index is -1.79. The second-order valence-electron chi connectivity index (χ2n) is 3.88. The van der Waals surface area contributed by atoms with E-state index in [9.17, 15) is 4.79 Å². The molecule has 6 nitrogen and oxygen atoms in total. The highest BCUT2D eigenvalue weighted by molar-refractivity contribution is 5.84. The van der Waals surface area contributed by atoms with E-state index in [1.165, 1.54) is 6.92 Å². The minimum absolute atomic E-state index is 0.708. The molecule has 0 aliphatic carbocycles. The van der Waals surface area contributed by atoms with Gasteiger partial charge in [0.15, 0.2) is 0 Å². The number of ether oxygens (including phenoxy) is 1. The summed E-state index contributed by atoms with van der Waals surface area (Å²) in [5.41, 5.74) is 5.68. The molecular formula is C8H12N4O2. The quantitative estimate of drug-likeness (QED) is 0.292. The first kappa shape index (κ1) is 12.3. The Hall–Kier alpha value is -1.73. The van der Waals surface area contributed by atoms with E-state index in [1.807, 2.05) is 0 Å². The van der Waals surface area contributed by atoms with Crippen LogP contribution in [0, 0.1) is 11.3 Å². The van der Waals surface area contributed by atoms with E-state index in [2.05, 4.69) is 10.0 Å². The maximum Gasteiger partial charge on any atom is 0.332 e. The molecule has 0 rings (SSSR count). The Balaban J connectivity index is 4.84. The molecule has 0 radical (unpaired) electrons. The number of hydrogen-bond donors (Lipinski definition) is 0. The van der Waals surface area contributed by atoms with Crippen LogP contribution in [-0.4, -0.2) is 17.1 Å². The summed E-state index contributed by atoms with van der Waals surface area (Å²) in [6.07, 6.45) is 0. The van der Waals surface area contributed by atoms with Crippen LogP contribution >= 0.6 is 0 Å². The third-order valence-corrected chi connectivity index (χ3v) is 1.26. The van der Waals surface area contributed by atoms with Gasteiger partial charge in [-0.15, -0.1) is 0 Å². The largest absolute Gasteiger partial charge is 0.459 e. The molecule has 0 aliphatic heterocycles. The van der Waals surface area contributed by atoms with Crippen molar-refractivity contribution in [1.29, 1.82) is 5.26 Å². The van der Waals surface area contributed by atoms with Gasteiger partial charge in [0, 0.05) is 4.91 Å². The number of hydrogen-bond acceptors (Lipinski definition) is 4. The molecule has 1 atom stereocenters. The van der Waals surface area contributed by atoms with E-state index in [1.54, 1.807) is 26.8 Å². The van der Waals surface area contributed by atoms with Gasteiger partial charge in [0.05, 0.1) is 6.07 Å². The standard InChI is InChI=1S/C8H12N4O2/c1-7(2,3)14-6(13)8(4,5-9)11-12-10/h1-4H3/t8-/m1/s1. The van der Waals surface area contributed by atoms with Crippen molar-refractivity contribution in [3.63, 3.8) is 0 Å². The number of nitriles is 1. The zero-order valence-corrected chi connectivity index (χ0v) is 8.61. The summed E-state index contributed by atoms with van der Waals surface area (Å²) in [7, 11) is 0. The van der Waals surface area contributed by atoms with E-state index < -0.39 is 17.1 Å². The molecule has 0 aromatic carbocycles. The van der Waals surface area contributed by atoms with Crippen molar-refractivity contribution in [3.8, 4) is 6.07 Å². The fourth-order valence-electron chi connectivity index (χ4n) is 0.576. The van der Waals surface area contributed by atoms with Crippen LogP contribution in [0.2, 0.25) is 0 Å². The van der Waals surface area contributed by atoms with Crippen molar-refractivity contribution in [1.82, 2.24) is 0 Å². The third-order valence-electron chi connectivity index (χ3n) is 1.26. The molecule has 0 heterocycles. The lowest BCUT2D eigenvalue weighted by molar-refractivity contribution is -0.158. The average Bonchev–Trinajstić information content (AvgIpc) is 2.01. The lowest BCUT2D eigenvalue weighted by atomic mass is 10.1. The highest BCUT2D eigenvalue weighted by Crippen LogP contribution is 2.17. The molecule has 0 saturated heterocycles. The lowest BCUT2D eigenvalue weighted by Gasteiger charge is -2.23. The molecule has 6 heteroatoms. The van der Waals surface area contributed by atoms with Gasteiger partial charge in [0.25, 0.3) is 0 Å². The van der Waals surface area contributed by atoms with Gasteiger partial charge in [0.2, 0.25) is 5.54 Å². The topological polar surface area (TPSA) is 98.9 Å². The van der Waals surface area contributed by atoms with Gasteiger partial charge in [-0.3, -0.25) is 4.79 Å². The Morgan fingerprint density at radius 3 is 2.29 bits per heavy atom. The maximum absolute atomic E-state index is 11.4. The number of esters is 1. The van der Waals surface area contributed by atoms with Gasteiger partial charge in [-0.1, -0.05) is 5.11 Å². The van der Waals surface area contributed by atoms with Crippen molar-refractivity contribution in [2.45, 2.75) is 38.8 Å². The SMILES string of the molecule is CC(C)(C)OC(=O)[C@@](C)(C#N)N=[N+]=[N-]. The van der Waals surface area contributed by atoms with Crippen LogP contribution in [0.3, 0.4) is 0 Å². The first-order valence-electron chi connectivity index (χ1n) is 3.96. The first-order valence-corrected chi connectivity index (χ1v) is 3.96. The van der Waals surface area contributed by atoms with Gasteiger partial charge < -0.3 is 4.74 Å². The van der Waals surface area contributed by atoms with E-state index in [-0.39, 0.29) is 0 Å². The Bertz CT molecular complexity index is 319. The number of carbonyl (C=O) groups is 1. The van der Waals surface area contributed by atoms with E-state index in [0.29, 0.717) is 0 Å². The van der Waals surface area contributed by atoms with Gasteiger partial charge in [0.1, 0.15) is 5.60 Å². The summed E-state index contributed by atoms with van der Waals surface area (Å²) >= 11 is 0. The second kappa shape index (κ2) is 3.99. The van der Waals surface area contributed by atoms with Crippen molar-refractivity contribution < 1.29 is 9.53 Å². The first-order chi connectivity index (χ1) is 6.25. The molecule has 14 heavy (non-hydrogen) atoms. The van der Waals surface area contributed by atoms with Crippen molar-refractivity contribution >= 4 is 5.97 Å². The molecule has 0 spiro atoms. The molecule has 0 N–H and O–H groups in total. The summed E-state index contributed by atoms with van der Waals surface area (Å²) in [5, 5.41) is 11.8. The lowest BCUT2D eigenvalue weighted by Crippen LogP contribution is -2.38. The van der Waals surface area contributed by atoms with Crippen molar-refractivity contribution in [3.05, 3.63) is 10.4 Å². The summed E-state index contributed by atoms with van der Waals surface area (Å²) in [4.78, 5) is 13.8. The smallest absolute Gasteiger partial charge is 0.332 e. The van der Waals surface area contributed by atoms with Gasteiger partial charge >= 0.3 is 5.97 Å². The number of rotatable bonds is 2. The molecule has 0 bridgehead atoms. The fourth-order valence-corrected chi connectivity index (χ4v) is 0.576. The zero-order valence-electron chi connectivity index (χ0n) is 8.61. The Morgan fingerprint density at radius 1 is 1.50 bits per heavy atom. The Morgan fingerprint density at radius 2 is 2.00 bits per heavy atom. The minimum Gasteiger partial charge on any atom is -0.459 e. The predicted molar refractivity (Wildman–Crippen MR) is 49.0 cm³/mol. The summed E-state index contributed by atoms with van der Waals surface area (Å²) in [5.74, 6) is -0.842. The third kappa shape index (κ3) is 3.33. The average molecular weight is 196 g/mol. The molecule has 76 valence electrons. The Labute approximate surface area is 82.1 Å². The summed E-state index contributed by atoms with van der Waals surface area (Å²) in [6, 6.07) is 1.61. The van der Waals surface area contributed by atoms with Crippen molar-refractivity contribution in [2.75, 3.05) is 0 Å². The molecule has 0 aromatic heterocycles. The molecule has 0 aromatic rings. The maximum atomic E-state index is 11.4. The van der Waals surface area contributed by atoms with Crippen LogP contribution < -0.4 is 0 Å². The summed E-state index contributed by atoms with van der Waals surface area (Å²) < 4.78 is 4.92. The molecule has 0 unspecified atom stereocenters. The van der Waals surface area contributed by atoms with Crippen molar-refractivity contribution in [2.24, 2.45) is 5.11 Å². The van der Waals surface area contributed by atoms with E-state index in [4.69, 9.17) is 15.5 Å². The van der Waals surface area contributed by atoms with Gasteiger partial charge in [-0.2, -0.15) is 5.26 Å². The van der Waals surface area contributed by atoms with E-state index in [0.717, 1.165) is 0 Å². The molecule has 0 aliphatic rings. The normalized spacial score (nSPS) is 14.5. The molecule has 0 fully saturated rings. The van der Waals surface area contributed by atoms with Gasteiger partial charge in [-0.05, 0) is 33.2 Å². The van der Waals surface area contributed by atoms with Crippen LogP contribution in [-0.2, 0) is 9.53 Å². The van der Waals surface area contributed by atoms with Crippen LogP contribution in [0.5, 0.6) is 0 Å². The molecule has 0 amide bonds. The highest BCUT2D eigenvalue weighted by Gasteiger charge is 2.36. The van der Waals surface area contributed by atoms with Crippen LogP contribution in [0.15, 0.2) is 5.11 Å². The van der Waals surface area contributed by atoms with Crippen LogP contribution in [0.1, 0.15) is 27.7 Å². The number of carbonyl (C=O) groups excluding carboxylic acids is 1. The number of azide groups is 1. The molecular weight excluding hydrogens is 184 g/mol.